The summed E-state index contributed by atoms with van der Waals surface area (Å²) in [5, 5.41) is 7.79. The summed E-state index contributed by atoms with van der Waals surface area (Å²) in [5.41, 5.74) is 2.17. The van der Waals surface area contributed by atoms with Gasteiger partial charge < -0.3 is 15.2 Å². The second kappa shape index (κ2) is 8.80. The zero-order valence-electron chi connectivity index (χ0n) is 14.4. The Labute approximate surface area is 164 Å². The van der Waals surface area contributed by atoms with Crippen LogP contribution in [0.1, 0.15) is 39.9 Å². The minimum atomic E-state index is 0. The van der Waals surface area contributed by atoms with Crippen LogP contribution in [0, 0.1) is 13.8 Å². The van der Waals surface area contributed by atoms with Crippen molar-refractivity contribution in [3.05, 3.63) is 33.3 Å². The van der Waals surface area contributed by atoms with Crippen LogP contribution < -0.4 is 10.6 Å². The summed E-state index contributed by atoms with van der Waals surface area (Å²) in [4.78, 5) is 14.7. The number of rotatable bonds is 4. The van der Waals surface area contributed by atoms with E-state index in [9.17, 15) is 0 Å². The second-order valence-electron chi connectivity index (χ2n) is 5.82. The van der Waals surface area contributed by atoms with Gasteiger partial charge in [-0.15, -0.1) is 35.3 Å². The largest absolute Gasteiger partial charge is 0.351 e. The molecule has 0 unspecified atom stereocenters. The highest BCUT2D eigenvalue weighted by atomic mass is 127. The number of aryl methyl sites for hydroxylation is 4. The van der Waals surface area contributed by atoms with Crippen LogP contribution in [0.25, 0.3) is 0 Å². The molecule has 1 aliphatic heterocycles. The van der Waals surface area contributed by atoms with Gasteiger partial charge in [-0.2, -0.15) is 0 Å². The second-order valence-corrected chi connectivity index (χ2v) is 7.11. The van der Waals surface area contributed by atoms with Crippen LogP contribution >= 0.6 is 35.3 Å². The van der Waals surface area contributed by atoms with Gasteiger partial charge in [0.25, 0.3) is 0 Å². The molecule has 2 N–H and O–H groups in total. The molecule has 8 heteroatoms. The fraction of sp³-hybridized carbons (Fsp3) is 0.562. The SMILES string of the molecule is CN=C(NCc1cn2c(n1)CCCC2)NCc1sc(C)nc1C.I. The van der Waals surface area contributed by atoms with Crippen molar-refractivity contribution >= 4 is 41.3 Å². The molecule has 0 fully saturated rings. The number of aromatic nitrogens is 3. The van der Waals surface area contributed by atoms with Gasteiger partial charge in [-0.05, 0) is 26.7 Å². The molecule has 0 amide bonds. The molecule has 0 atom stereocenters. The van der Waals surface area contributed by atoms with Crippen molar-refractivity contribution < 1.29 is 0 Å². The van der Waals surface area contributed by atoms with Crippen LogP contribution in [-0.4, -0.2) is 27.5 Å². The molecular weight excluding hydrogens is 435 g/mol. The van der Waals surface area contributed by atoms with E-state index in [2.05, 4.69) is 31.4 Å². The number of nitrogens with zero attached hydrogens (tertiary/aromatic N) is 4. The first kappa shape index (κ1) is 19.2. The van der Waals surface area contributed by atoms with Crippen LogP contribution in [-0.2, 0) is 26.1 Å². The molecule has 3 rings (SSSR count). The first-order chi connectivity index (χ1) is 11.2. The lowest BCUT2D eigenvalue weighted by molar-refractivity contribution is 0.522. The summed E-state index contributed by atoms with van der Waals surface area (Å²) in [6.45, 7) is 6.62. The number of hydrogen-bond donors (Lipinski definition) is 2. The lowest BCUT2D eigenvalue weighted by Gasteiger charge is -2.11. The minimum absolute atomic E-state index is 0. The first-order valence-electron chi connectivity index (χ1n) is 8.08. The molecule has 0 radical (unpaired) electrons. The Morgan fingerprint density at radius 1 is 1.25 bits per heavy atom. The van der Waals surface area contributed by atoms with Crippen LogP contribution in [0.5, 0.6) is 0 Å². The maximum absolute atomic E-state index is 4.70. The number of aliphatic imine (C=N–C) groups is 1. The number of halogens is 1. The van der Waals surface area contributed by atoms with Crippen molar-refractivity contribution in [1.82, 2.24) is 25.2 Å². The monoisotopic (exact) mass is 460 g/mol. The average molecular weight is 460 g/mol. The molecular formula is C16H25IN6S. The van der Waals surface area contributed by atoms with Crippen molar-refractivity contribution in [3.63, 3.8) is 0 Å². The maximum atomic E-state index is 4.70. The number of imidazole rings is 1. The smallest absolute Gasteiger partial charge is 0.191 e. The molecule has 24 heavy (non-hydrogen) atoms. The zero-order valence-corrected chi connectivity index (χ0v) is 17.6. The van der Waals surface area contributed by atoms with Gasteiger partial charge in [-0.1, -0.05) is 0 Å². The summed E-state index contributed by atoms with van der Waals surface area (Å²) in [7, 11) is 1.79. The van der Waals surface area contributed by atoms with E-state index >= 15 is 0 Å². The molecule has 3 heterocycles. The lowest BCUT2D eigenvalue weighted by Crippen LogP contribution is -2.36. The summed E-state index contributed by atoms with van der Waals surface area (Å²) in [6.07, 6.45) is 5.76. The standard InChI is InChI=1S/C16H24N6S.HI/c1-11-14(23-12(2)20-11)9-19-16(17-3)18-8-13-10-22-7-5-4-6-15(22)21-13;/h10H,4-9H2,1-3H3,(H2,17,18,19);1H. The lowest BCUT2D eigenvalue weighted by atomic mass is 10.2. The van der Waals surface area contributed by atoms with Gasteiger partial charge in [0, 0.05) is 31.1 Å². The fourth-order valence-corrected chi connectivity index (χ4v) is 3.73. The summed E-state index contributed by atoms with van der Waals surface area (Å²) < 4.78 is 2.28. The molecule has 0 saturated heterocycles. The Morgan fingerprint density at radius 3 is 2.71 bits per heavy atom. The number of thiazole rings is 1. The summed E-state index contributed by atoms with van der Waals surface area (Å²) in [6, 6.07) is 0. The van der Waals surface area contributed by atoms with Crippen molar-refractivity contribution in [1.29, 1.82) is 0 Å². The van der Waals surface area contributed by atoms with Crippen molar-refractivity contribution in [2.75, 3.05) is 7.05 Å². The average Bonchev–Trinajstić information content (AvgIpc) is 3.09. The first-order valence-corrected chi connectivity index (χ1v) is 8.89. The maximum Gasteiger partial charge on any atom is 0.191 e. The topological polar surface area (TPSA) is 67.1 Å². The van der Waals surface area contributed by atoms with E-state index in [4.69, 9.17) is 4.98 Å². The van der Waals surface area contributed by atoms with E-state index in [0.717, 1.165) is 41.9 Å². The summed E-state index contributed by atoms with van der Waals surface area (Å²) in [5.74, 6) is 2.01. The van der Waals surface area contributed by atoms with Gasteiger partial charge in [0.15, 0.2) is 5.96 Å². The molecule has 132 valence electrons. The van der Waals surface area contributed by atoms with E-state index in [-0.39, 0.29) is 24.0 Å². The van der Waals surface area contributed by atoms with Crippen molar-refractivity contribution in [2.24, 2.45) is 4.99 Å². The van der Waals surface area contributed by atoms with E-state index < -0.39 is 0 Å². The molecule has 0 bridgehead atoms. The van der Waals surface area contributed by atoms with Gasteiger partial charge in [0.1, 0.15) is 5.82 Å². The quantitative estimate of drug-likeness (QED) is 0.419. The molecule has 1 aliphatic rings. The molecule has 0 aliphatic carbocycles. The minimum Gasteiger partial charge on any atom is -0.351 e. The van der Waals surface area contributed by atoms with Crippen LogP contribution in [0.3, 0.4) is 0 Å². The molecule has 0 aromatic carbocycles. The normalized spacial score (nSPS) is 14.0. The Kier molecular flexibility index (Phi) is 7.02. The van der Waals surface area contributed by atoms with Crippen LogP contribution in [0.4, 0.5) is 0 Å². The van der Waals surface area contributed by atoms with E-state index in [0.29, 0.717) is 6.54 Å². The fourth-order valence-electron chi connectivity index (χ4n) is 2.85. The van der Waals surface area contributed by atoms with Gasteiger partial charge in [0.05, 0.1) is 29.5 Å². The van der Waals surface area contributed by atoms with Crippen LogP contribution in [0.15, 0.2) is 11.2 Å². The highest BCUT2D eigenvalue weighted by Gasteiger charge is 2.12. The third-order valence-corrected chi connectivity index (χ3v) is 5.11. The Bertz CT molecular complexity index is 682. The van der Waals surface area contributed by atoms with Gasteiger partial charge >= 0.3 is 0 Å². The molecule has 2 aromatic heterocycles. The summed E-state index contributed by atoms with van der Waals surface area (Å²) >= 11 is 1.73. The Hall–Kier alpha value is -1.16. The van der Waals surface area contributed by atoms with Gasteiger partial charge in [-0.3, -0.25) is 4.99 Å². The zero-order chi connectivity index (χ0) is 16.2. The highest BCUT2D eigenvalue weighted by molar-refractivity contribution is 14.0. The molecule has 6 nitrogen and oxygen atoms in total. The number of hydrogen-bond acceptors (Lipinski definition) is 4. The third-order valence-electron chi connectivity index (χ3n) is 4.04. The van der Waals surface area contributed by atoms with E-state index in [1.165, 1.54) is 23.5 Å². The van der Waals surface area contributed by atoms with Crippen molar-refractivity contribution in [2.45, 2.75) is 52.7 Å². The number of nitrogens with one attached hydrogen (secondary N) is 2. The predicted molar refractivity (Wildman–Crippen MR) is 109 cm³/mol. The van der Waals surface area contributed by atoms with E-state index in [1.807, 2.05) is 13.8 Å². The van der Waals surface area contributed by atoms with Crippen LogP contribution in [0.2, 0.25) is 0 Å². The third kappa shape index (κ3) is 4.69. The Morgan fingerprint density at radius 2 is 2.04 bits per heavy atom. The van der Waals surface area contributed by atoms with Gasteiger partial charge in [0.2, 0.25) is 0 Å². The molecule has 0 saturated carbocycles. The number of guanidine groups is 1. The predicted octanol–water partition coefficient (Wildman–Crippen LogP) is 2.78. The highest BCUT2D eigenvalue weighted by Crippen LogP contribution is 2.16. The molecule has 0 spiro atoms. The Balaban J connectivity index is 0.00000208. The number of fused-ring (bicyclic) bond motifs is 1. The molecule has 2 aromatic rings. The van der Waals surface area contributed by atoms with Gasteiger partial charge in [-0.25, -0.2) is 9.97 Å². The van der Waals surface area contributed by atoms with Crippen molar-refractivity contribution in [3.8, 4) is 0 Å². The van der Waals surface area contributed by atoms with E-state index in [1.54, 1.807) is 18.4 Å².